The Morgan fingerprint density at radius 1 is 1.18 bits per heavy atom. The molecule has 0 radical (unpaired) electrons. The van der Waals surface area contributed by atoms with Crippen LogP contribution in [0.2, 0.25) is 0 Å². The number of aromatic nitrogens is 4. The van der Waals surface area contributed by atoms with Gasteiger partial charge in [0.2, 0.25) is 0 Å². The zero-order valence-electron chi connectivity index (χ0n) is 20.9. The van der Waals surface area contributed by atoms with Crippen molar-refractivity contribution in [2.24, 2.45) is 0 Å². The van der Waals surface area contributed by atoms with E-state index in [2.05, 4.69) is 20.3 Å². The molecule has 0 saturated carbocycles. The second-order valence-electron chi connectivity index (χ2n) is 9.28. The Morgan fingerprint density at radius 3 is 2.58 bits per heavy atom. The number of methoxy groups -OCH3 is 1. The Labute approximate surface area is 215 Å². The van der Waals surface area contributed by atoms with Crippen LogP contribution in [0.1, 0.15) is 48.3 Å². The van der Waals surface area contributed by atoms with E-state index in [1.807, 2.05) is 10.5 Å². The molecule has 0 aliphatic carbocycles. The van der Waals surface area contributed by atoms with Gasteiger partial charge in [-0.3, -0.25) is 14.5 Å². The second-order valence-corrected chi connectivity index (χ2v) is 9.28. The highest BCUT2D eigenvalue weighted by molar-refractivity contribution is 5.90. The minimum atomic E-state index is -4.74. The molecule has 0 spiro atoms. The average molecular weight is 531 g/mol. The van der Waals surface area contributed by atoms with Crippen LogP contribution in [0.25, 0.3) is 16.7 Å². The number of anilines is 1. The lowest BCUT2D eigenvalue weighted by Gasteiger charge is -2.36. The van der Waals surface area contributed by atoms with Gasteiger partial charge in [0.05, 0.1) is 21.9 Å². The van der Waals surface area contributed by atoms with Crippen LogP contribution in [0.4, 0.5) is 24.7 Å². The summed E-state index contributed by atoms with van der Waals surface area (Å²) in [6.45, 7) is 4.35. The predicted molar refractivity (Wildman–Crippen MR) is 132 cm³/mol. The van der Waals surface area contributed by atoms with E-state index in [1.54, 1.807) is 33.4 Å². The van der Waals surface area contributed by atoms with Gasteiger partial charge in [0.25, 0.3) is 5.69 Å². The van der Waals surface area contributed by atoms with Crippen LogP contribution in [-0.4, -0.2) is 44.6 Å². The second kappa shape index (κ2) is 9.48. The highest BCUT2D eigenvalue weighted by atomic mass is 19.4. The van der Waals surface area contributed by atoms with Gasteiger partial charge in [-0.1, -0.05) is 0 Å². The number of pyridine rings is 1. The van der Waals surface area contributed by atoms with Gasteiger partial charge in [0.15, 0.2) is 5.65 Å². The van der Waals surface area contributed by atoms with E-state index < -0.39 is 34.0 Å². The lowest BCUT2D eigenvalue weighted by Crippen LogP contribution is -2.36. The Hall–Kier alpha value is -3.84. The first kappa shape index (κ1) is 25.8. The molecule has 1 saturated heterocycles. The number of hydrogen-bond acceptors (Lipinski definition) is 8. The number of nitrogens with one attached hydrogen (secondary N) is 1. The Balaban J connectivity index is 1.65. The van der Waals surface area contributed by atoms with Gasteiger partial charge < -0.3 is 14.8 Å². The third-order valence-corrected chi connectivity index (χ3v) is 6.95. The molecular weight excluding hydrogens is 505 g/mol. The molecule has 4 aromatic rings. The molecular formula is C25H25F3N6O4. The molecule has 5 rings (SSSR count). The number of halogens is 3. The van der Waals surface area contributed by atoms with E-state index in [0.717, 1.165) is 17.7 Å². The number of nitro groups is 1. The molecule has 0 unspecified atom stereocenters. The highest BCUT2D eigenvalue weighted by Gasteiger charge is 2.38. The number of benzene rings is 1. The molecule has 0 amide bonds. The molecule has 1 fully saturated rings. The predicted octanol–water partition coefficient (Wildman–Crippen LogP) is 5.34. The van der Waals surface area contributed by atoms with E-state index in [1.165, 1.54) is 0 Å². The largest absolute Gasteiger partial charge is 0.416 e. The lowest BCUT2D eigenvalue weighted by molar-refractivity contribution is -0.385. The summed E-state index contributed by atoms with van der Waals surface area (Å²) in [6.07, 6.45) is -0.0804. The smallest absolute Gasteiger partial charge is 0.381 e. The van der Waals surface area contributed by atoms with Crippen molar-refractivity contribution in [3.05, 3.63) is 69.3 Å². The number of non-ortho nitro benzene ring substituents is 1. The summed E-state index contributed by atoms with van der Waals surface area (Å²) >= 11 is 0. The van der Waals surface area contributed by atoms with Crippen LogP contribution in [0.15, 0.2) is 36.7 Å². The fourth-order valence-electron chi connectivity index (χ4n) is 4.94. The average Bonchev–Trinajstić information content (AvgIpc) is 3.38. The molecule has 1 N–H and O–H groups in total. The van der Waals surface area contributed by atoms with Gasteiger partial charge in [0.1, 0.15) is 22.9 Å². The van der Waals surface area contributed by atoms with Gasteiger partial charge in [0, 0.05) is 63.3 Å². The number of rotatable bonds is 6. The first-order valence-electron chi connectivity index (χ1n) is 11.9. The summed E-state index contributed by atoms with van der Waals surface area (Å²) in [5.74, 6) is 0.799. The number of imidazole rings is 1. The minimum Gasteiger partial charge on any atom is -0.381 e. The fourth-order valence-corrected chi connectivity index (χ4v) is 4.94. The molecule has 38 heavy (non-hydrogen) atoms. The summed E-state index contributed by atoms with van der Waals surface area (Å²) in [4.78, 5) is 24.2. The molecule has 1 aliphatic heterocycles. The summed E-state index contributed by atoms with van der Waals surface area (Å²) in [6, 6.07) is 3.71. The van der Waals surface area contributed by atoms with E-state index in [4.69, 9.17) is 9.47 Å². The summed E-state index contributed by atoms with van der Waals surface area (Å²) in [5.41, 5.74) is -0.256. The van der Waals surface area contributed by atoms with Crippen LogP contribution in [0, 0.1) is 17.0 Å². The standard InChI is InChI=1S/C25H25F3N6O4/c1-14(16-10-17(25(26,27)28)12-18(11-16)34(35)36)30-21-19-13-20(24(37-3)4-8-38-9-5-24)23-29-6-7-33(23)22(19)32-15(2)31-21/h6-7,10-14H,4-5,8-9H2,1-3H3,(H,30,31,32)/t14-/m1/s1. The number of hydrogen-bond donors (Lipinski definition) is 1. The third kappa shape index (κ3) is 4.52. The van der Waals surface area contributed by atoms with Crippen molar-refractivity contribution >= 4 is 28.2 Å². The molecule has 1 aliphatic rings. The molecule has 3 aromatic heterocycles. The van der Waals surface area contributed by atoms with E-state index in [9.17, 15) is 23.3 Å². The van der Waals surface area contributed by atoms with E-state index in [0.29, 0.717) is 60.4 Å². The molecule has 10 nitrogen and oxygen atoms in total. The quantitative estimate of drug-likeness (QED) is 0.262. The van der Waals surface area contributed by atoms with Crippen LogP contribution < -0.4 is 5.32 Å². The van der Waals surface area contributed by atoms with Crippen molar-refractivity contribution in [2.45, 2.75) is 44.5 Å². The lowest BCUT2D eigenvalue weighted by atomic mass is 9.86. The number of fused-ring (bicyclic) bond motifs is 3. The molecule has 13 heteroatoms. The van der Waals surface area contributed by atoms with Crippen LogP contribution in [-0.2, 0) is 21.3 Å². The Morgan fingerprint density at radius 2 is 1.92 bits per heavy atom. The zero-order chi connectivity index (χ0) is 27.2. The Kier molecular flexibility index (Phi) is 6.43. The number of ether oxygens (including phenoxy) is 2. The van der Waals surface area contributed by atoms with Crippen molar-refractivity contribution in [1.29, 1.82) is 0 Å². The van der Waals surface area contributed by atoms with Crippen LogP contribution in [0.3, 0.4) is 0 Å². The van der Waals surface area contributed by atoms with Crippen LogP contribution in [0.5, 0.6) is 0 Å². The van der Waals surface area contributed by atoms with Crippen molar-refractivity contribution < 1.29 is 27.6 Å². The van der Waals surface area contributed by atoms with Gasteiger partial charge in [-0.2, -0.15) is 13.2 Å². The third-order valence-electron chi connectivity index (χ3n) is 6.95. The maximum Gasteiger partial charge on any atom is 0.416 e. The summed E-state index contributed by atoms with van der Waals surface area (Å²) in [7, 11) is 1.64. The summed E-state index contributed by atoms with van der Waals surface area (Å²) in [5, 5.41) is 15.1. The van der Waals surface area contributed by atoms with E-state index in [-0.39, 0.29) is 5.56 Å². The Bertz CT molecular complexity index is 1530. The van der Waals surface area contributed by atoms with Crippen LogP contribution >= 0.6 is 0 Å². The SMILES string of the molecule is COC1(c2cc3c(N[C@H](C)c4cc([N+](=O)[O-])cc(C(F)(F)F)c4)nc(C)nc3n3ccnc23)CCOCC1. The molecule has 4 heterocycles. The zero-order valence-corrected chi connectivity index (χ0v) is 20.9. The molecule has 1 atom stereocenters. The van der Waals surface area contributed by atoms with Crippen molar-refractivity contribution in [1.82, 2.24) is 19.4 Å². The van der Waals surface area contributed by atoms with Gasteiger partial charge in [-0.15, -0.1) is 0 Å². The molecule has 200 valence electrons. The number of nitro benzene ring substituents is 1. The number of aryl methyl sites for hydroxylation is 1. The van der Waals surface area contributed by atoms with Crippen molar-refractivity contribution in [3.63, 3.8) is 0 Å². The molecule has 1 aromatic carbocycles. The minimum absolute atomic E-state index is 0.0951. The maximum absolute atomic E-state index is 13.5. The van der Waals surface area contributed by atoms with Gasteiger partial charge in [-0.25, -0.2) is 15.0 Å². The van der Waals surface area contributed by atoms with Crippen molar-refractivity contribution in [2.75, 3.05) is 25.6 Å². The van der Waals surface area contributed by atoms with Gasteiger partial charge >= 0.3 is 6.18 Å². The van der Waals surface area contributed by atoms with E-state index >= 15 is 0 Å². The maximum atomic E-state index is 13.5. The number of nitrogens with zero attached hydrogens (tertiary/aromatic N) is 5. The topological polar surface area (TPSA) is 117 Å². The fraction of sp³-hybridized carbons (Fsp3) is 0.400. The first-order valence-corrected chi connectivity index (χ1v) is 11.9. The summed E-state index contributed by atoms with van der Waals surface area (Å²) < 4.78 is 53.8. The first-order chi connectivity index (χ1) is 18.0. The molecule has 0 bridgehead atoms. The highest BCUT2D eigenvalue weighted by Crippen LogP contribution is 2.40. The monoisotopic (exact) mass is 530 g/mol. The normalized spacial score (nSPS) is 16.6. The van der Waals surface area contributed by atoms with Gasteiger partial charge in [-0.05, 0) is 31.5 Å². The van der Waals surface area contributed by atoms with Crippen molar-refractivity contribution in [3.8, 4) is 0 Å². The number of alkyl halides is 3.